The summed E-state index contributed by atoms with van der Waals surface area (Å²) in [5.74, 6) is 0.621. The van der Waals surface area contributed by atoms with E-state index in [9.17, 15) is 4.79 Å². The van der Waals surface area contributed by atoms with Crippen LogP contribution in [0.4, 0.5) is 0 Å². The van der Waals surface area contributed by atoms with Crippen molar-refractivity contribution in [2.75, 3.05) is 0 Å². The topological polar surface area (TPSA) is 26.3 Å². The Morgan fingerprint density at radius 1 is 1.55 bits per heavy atom. The van der Waals surface area contributed by atoms with E-state index in [-0.39, 0.29) is 18.0 Å². The first kappa shape index (κ1) is 8.57. The van der Waals surface area contributed by atoms with Crippen molar-refractivity contribution < 1.29 is 9.53 Å². The Hall–Kier alpha value is -0.530. The summed E-state index contributed by atoms with van der Waals surface area (Å²) in [5, 5.41) is 0. The highest BCUT2D eigenvalue weighted by atomic mass is 16.5. The van der Waals surface area contributed by atoms with Crippen LogP contribution in [0.1, 0.15) is 33.6 Å². The molecule has 0 saturated carbocycles. The number of hydrogen-bond donors (Lipinski definition) is 0. The van der Waals surface area contributed by atoms with E-state index in [1.54, 1.807) is 0 Å². The molecule has 1 fully saturated rings. The Labute approximate surface area is 67.9 Å². The Bertz CT molecular complexity index is 154. The van der Waals surface area contributed by atoms with Gasteiger partial charge in [0.15, 0.2) is 0 Å². The summed E-state index contributed by atoms with van der Waals surface area (Å²) in [6.45, 7) is 6.15. The summed E-state index contributed by atoms with van der Waals surface area (Å²) in [6.07, 6.45) is 2.09. The molecule has 0 aromatic carbocycles. The molecule has 1 rings (SSSR count). The fourth-order valence-corrected chi connectivity index (χ4v) is 1.67. The zero-order valence-corrected chi connectivity index (χ0v) is 7.46. The summed E-state index contributed by atoms with van der Waals surface area (Å²) in [6, 6.07) is 0. The number of hydrogen-bond acceptors (Lipinski definition) is 2. The summed E-state index contributed by atoms with van der Waals surface area (Å²) < 4.78 is 5.22. The zero-order chi connectivity index (χ0) is 8.43. The van der Waals surface area contributed by atoms with E-state index in [1.807, 2.05) is 6.92 Å². The van der Waals surface area contributed by atoms with Crippen molar-refractivity contribution in [3.8, 4) is 0 Å². The monoisotopic (exact) mass is 156 g/mol. The van der Waals surface area contributed by atoms with Crippen molar-refractivity contribution in [1.82, 2.24) is 0 Å². The fourth-order valence-electron chi connectivity index (χ4n) is 1.67. The van der Waals surface area contributed by atoms with Gasteiger partial charge in [0.1, 0.15) is 6.10 Å². The lowest BCUT2D eigenvalue weighted by Gasteiger charge is -2.31. The highest BCUT2D eigenvalue weighted by Gasteiger charge is 2.31. The van der Waals surface area contributed by atoms with Gasteiger partial charge in [-0.1, -0.05) is 20.8 Å². The summed E-state index contributed by atoms with van der Waals surface area (Å²) in [7, 11) is 0. The van der Waals surface area contributed by atoms with E-state index < -0.39 is 0 Å². The molecule has 0 spiro atoms. The predicted octanol–water partition coefficient (Wildman–Crippen LogP) is 1.98. The van der Waals surface area contributed by atoms with E-state index in [1.165, 1.54) is 0 Å². The Kier molecular flexibility index (Phi) is 2.53. The van der Waals surface area contributed by atoms with Crippen LogP contribution in [-0.4, -0.2) is 12.1 Å². The van der Waals surface area contributed by atoms with Crippen molar-refractivity contribution >= 4 is 5.97 Å². The largest absolute Gasteiger partial charge is 0.462 e. The van der Waals surface area contributed by atoms with Crippen LogP contribution >= 0.6 is 0 Å². The second-order valence-electron chi connectivity index (χ2n) is 3.50. The molecule has 11 heavy (non-hydrogen) atoms. The molecule has 0 radical (unpaired) electrons. The molecule has 0 amide bonds. The van der Waals surface area contributed by atoms with Gasteiger partial charge >= 0.3 is 5.97 Å². The standard InChI is InChI=1S/C9H16O2/c1-4-8-6(2)5-7(3)9(10)11-8/h6-8H,4-5H2,1-3H3/t6-,7-,8+/m1/s1. The highest BCUT2D eigenvalue weighted by Crippen LogP contribution is 2.26. The van der Waals surface area contributed by atoms with Crippen molar-refractivity contribution in [2.24, 2.45) is 11.8 Å². The van der Waals surface area contributed by atoms with E-state index in [2.05, 4.69) is 13.8 Å². The molecule has 0 aromatic rings. The van der Waals surface area contributed by atoms with Crippen molar-refractivity contribution in [1.29, 1.82) is 0 Å². The molecule has 1 heterocycles. The van der Waals surface area contributed by atoms with Gasteiger partial charge in [0.25, 0.3) is 0 Å². The number of rotatable bonds is 1. The SMILES string of the molecule is CC[C@@H]1OC(=O)[C@H](C)C[C@H]1C. The Morgan fingerprint density at radius 2 is 2.18 bits per heavy atom. The zero-order valence-electron chi connectivity index (χ0n) is 7.46. The van der Waals surface area contributed by atoms with Crippen LogP contribution in [0.15, 0.2) is 0 Å². The van der Waals surface area contributed by atoms with Gasteiger partial charge in [0.05, 0.1) is 5.92 Å². The highest BCUT2D eigenvalue weighted by molar-refractivity contribution is 5.72. The molecule has 1 saturated heterocycles. The van der Waals surface area contributed by atoms with Crippen molar-refractivity contribution in [2.45, 2.75) is 39.7 Å². The van der Waals surface area contributed by atoms with Gasteiger partial charge < -0.3 is 4.74 Å². The number of esters is 1. The lowest BCUT2D eigenvalue weighted by molar-refractivity contribution is -0.164. The molecule has 64 valence electrons. The van der Waals surface area contributed by atoms with Crippen LogP contribution in [0.5, 0.6) is 0 Å². The quantitative estimate of drug-likeness (QED) is 0.543. The molecule has 2 nitrogen and oxygen atoms in total. The lowest BCUT2D eigenvalue weighted by atomic mass is 9.89. The molecule has 1 aliphatic rings. The number of carbonyl (C=O) groups excluding carboxylic acids is 1. The van der Waals surface area contributed by atoms with Gasteiger partial charge in [-0.25, -0.2) is 0 Å². The second-order valence-corrected chi connectivity index (χ2v) is 3.50. The van der Waals surface area contributed by atoms with Gasteiger partial charge in [-0.15, -0.1) is 0 Å². The van der Waals surface area contributed by atoms with E-state index in [0.717, 1.165) is 12.8 Å². The third-order valence-corrected chi connectivity index (χ3v) is 2.43. The van der Waals surface area contributed by atoms with Gasteiger partial charge in [-0.3, -0.25) is 4.79 Å². The minimum atomic E-state index is -0.0186. The average Bonchev–Trinajstić information content (AvgIpc) is 1.97. The first-order valence-electron chi connectivity index (χ1n) is 4.35. The molecule has 0 aromatic heterocycles. The normalized spacial score (nSPS) is 38.5. The van der Waals surface area contributed by atoms with Crippen molar-refractivity contribution in [3.63, 3.8) is 0 Å². The first-order valence-corrected chi connectivity index (χ1v) is 4.35. The second kappa shape index (κ2) is 3.24. The third-order valence-electron chi connectivity index (χ3n) is 2.43. The Balaban J connectivity index is 2.54. The van der Waals surface area contributed by atoms with Crippen LogP contribution in [0.2, 0.25) is 0 Å². The van der Waals surface area contributed by atoms with E-state index in [0.29, 0.717) is 5.92 Å². The van der Waals surface area contributed by atoms with Gasteiger partial charge in [-0.05, 0) is 18.8 Å². The number of ether oxygens (including phenoxy) is 1. The van der Waals surface area contributed by atoms with Gasteiger partial charge in [-0.2, -0.15) is 0 Å². The van der Waals surface area contributed by atoms with E-state index >= 15 is 0 Å². The molecule has 2 heteroatoms. The van der Waals surface area contributed by atoms with Crippen LogP contribution in [0.25, 0.3) is 0 Å². The molecule has 0 bridgehead atoms. The number of cyclic esters (lactones) is 1. The fraction of sp³-hybridized carbons (Fsp3) is 0.889. The van der Waals surface area contributed by atoms with Gasteiger partial charge in [0, 0.05) is 0 Å². The third kappa shape index (κ3) is 1.73. The van der Waals surface area contributed by atoms with Crippen molar-refractivity contribution in [3.05, 3.63) is 0 Å². The van der Waals surface area contributed by atoms with Crippen LogP contribution in [0.3, 0.4) is 0 Å². The molecule has 0 aliphatic carbocycles. The molecule has 0 N–H and O–H groups in total. The summed E-state index contributed by atoms with van der Waals surface area (Å²) in [4.78, 5) is 11.1. The molecular formula is C9H16O2. The first-order chi connectivity index (χ1) is 5.15. The van der Waals surface area contributed by atoms with E-state index in [4.69, 9.17) is 4.74 Å². The van der Waals surface area contributed by atoms with Crippen LogP contribution in [-0.2, 0) is 9.53 Å². The smallest absolute Gasteiger partial charge is 0.308 e. The van der Waals surface area contributed by atoms with Crippen LogP contribution in [0, 0.1) is 11.8 Å². The lowest BCUT2D eigenvalue weighted by Crippen LogP contribution is -2.35. The van der Waals surface area contributed by atoms with Crippen LogP contribution < -0.4 is 0 Å². The summed E-state index contributed by atoms with van der Waals surface area (Å²) in [5.41, 5.74) is 0. The molecule has 3 atom stereocenters. The maximum atomic E-state index is 11.1. The Morgan fingerprint density at radius 3 is 2.73 bits per heavy atom. The summed E-state index contributed by atoms with van der Waals surface area (Å²) >= 11 is 0. The minimum absolute atomic E-state index is 0.0186. The maximum absolute atomic E-state index is 11.1. The average molecular weight is 156 g/mol. The number of carbonyl (C=O) groups is 1. The molecule has 0 unspecified atom stereocenters. The minimum Gasteiger partial charge on any atom is -0.462 e. The van der Waals surface area contributed by atoms with Gasteiger partial charge in [0.2, 0.25) is 0 Å². The molecular weight excluding hydrogens is 140 g/mol. The maximum Gasteiger partial charge on any atom is 0.308 e. The molecule has 1 aliphatic heterocycles. The predicted molar refractivity (Wildman–Crippen MR) is 43.1 cm³/mol.